The molecule has 0 atom stereocenters. The molecular formula is C24H17BNO2. The molecule has 0 amide bonds. The van der Waals surface area contributed by atoms with E-state index < -0.39 is 0 Å². The van der Waals surface area contributed by atoms with Gasteiger partial charge in [-0.3, -0.25) is 0 Å². The summed E-state index contributed by atoms with van der Waals surface area (Å²) in [5, 5.41) is 11.2. The van der Waals surface area contributed by atoms with Crippen molar-refractivity contribution < 1.29 is 9.68 Å². The number of para-hydroxylation sites is 2. The SMILES string of the molecule is O[B]Oc1ccc2c(c1)c1ccccc1n2-c1ccccc1-c1ccccc1. The number of rotatable bonds is 4. The van der Waals surface area contributed by atoms with Gasteiger partial charge in [-0.25, -0.2) is 0 Å². The Kier molecular flexibility index (Phi) is 4.11. The van der Waals surface area contributed by atoms with Crippen LogP contribution in [0, 0.1) is 0 Å². The Labute approximate surface area is 163 Å². The van der Waals surface area contributed by atoms with Crippen molar-refractivity contribution in [2.75, 3.05) is 0 Å². The van der Waals surface area contributed by atoms with Gasteiger partial charge in [0.05, 0.1) is 16.7 Å². The van der Waals surface area contributed by atoms with E-state index in [0.29, 0.717) is 13.4 Å². The van der Waals surface area contributed by atoms with Crippen LogP contribution in [-0.4, -0.2) is 17.3 Å². The molecule has 5 rings (SSSR count). The molecule has 0 saturated heterocycles. The van der Waals surface area contributed by atoms with Crippen LogP contribution in [0.5, 0.6) is 5.75 Å². The highest BCUT2D eigenvalue weighted by atomic mass is 16.5. The molecule has 0 bridgehead atoms. The zero-order valence-corrected chi connectivity index (χ0v) is 15.1. The summed E-state index contributed by atoms with van der Waals surface area (Å²) in [5.74, 6) is 0.606. The molecule has 1 heterocycles. The first-order chi connectivity index (χ1) is 13.9. The number of hydrogen-bond donors (Lipinski definition) is 1. The maximum absolute atomic E-state index is 9.00. The summed E-state index contributed by atoms with van der Waals surface area (Å²) >= 11 is 0. The molecular weight excluding hydrogens is 345 g/mol. The van der Waals surface area contributed by atoms with Crippen molar-refractivity contribution in [3.05, 3.63) is 97.1 Å². The largest absolute Gasteiger partial charge is 0.569 e. The van der Waals surface area contributed by atoms with Gasteiger partial charge in [-0.2, -0.15) is 0 Å². The highest BCUT2D eigenvalue weighted by molar-refractivity contribution is 6.17. The van der Waals surface area contributed by atoms with Gasteiger partial charge in [0.15, 0.2) is 0 Å². The van der Waals surface area contributed by atoms with Crippen LogP contribution in [0.4, 0.5) is 0 Å². The Morgan fingerprint density at radius 2 is 1.39 bits per heavy atom. The monoisotopic (exact) mass is 362 g/mol. The maximum atomic E-state index is 9.00. The van der Waals surface area contributed by atoms with Gasteiger partial charge in [-0.1, -0.05) is 66.7 Å². The van der Waals surface area contributed by atoms with E-state index in [4.69, 9.17) is 9.68 Å². The molecule has 0 unspecified atom stereocenters. The minimum Gasteiger partial charge on any atom is -0.537 e. The van der Waals surface area contributed by atoms with E-state index in [1.807, 2.05) is 30.3 Å². The zero-order valence-electron chi connectivity index (χ0n) is 15.1. The molecule has 1 N–H and O–H groups in total. The van der Waals surface area contributed by atoms with Gasteiger partial charge in [-0.05, 0) is 35.9 Å². The number of nitrogens with zero attached hydrogens (tertiary/aromatic N) is 1. The second kappa shape index (κ2) is 6.91. The summed E-state index contributed by atoms with van der Waals surface area (Å²) in [6.07, 6.45) is 0. The van der Waals surface area contributed by atoms with Gasteiger partial charge in [0.2, 0.25) is 0 Å². The molecule has 3 nitrogen and oxygen atoms in total. The second-order valence-corrected chi connectivity index (χ2v) is 6.64. The lowest BCUT2D eigenvalue weighted by molar-refractivity contribution is 0.454. The van der Waals surface area contributed by atoms with Crippen molar-refractivity contribution in [1.29, 1.82) is 0 Å². The number of benzene rings is 4. The Hall–Kier alpha value is -3.50. The minimum atomic E-state index is 0.606. The van der Waals surface area contributed by atoms with Crippen LogP contribution < -0.4 is 4.65 Å². The van der Waals surface area contributed by atoms with E-state index in [1.165, 1.54) is 11.1 Å². The molecule has 0 aliphatic carbocycles. The molecule has 5 aromatic rings. The fraction of sp³-hybridized carbons (Fsp3) is 0. The predicted molar refractivity (Wildman–Crippen MR) is 115 cm³/mol. The van der Waals surface area contributed by atoms with E-state index in [2.05, 4.69) is 71.3 Å². The third kappa shape index (κ3) is 2.66. The third-order valence-electron chi connectivity index (χ3n) is 5.06. The fourth-order valence-electron chi connectivity index (χ4n) is 3.88. The lowest BCUT2D eigenvalue weighted by Gasteiger charge is -2.14. The van der Waals surface area contributed by atoms with Crippen LogP contribution in [0.25, 0.3) is 38.6 Å². The first-order valence-corrected chi connectivity index (χ1v) is 9.17. The van der Waals surface area contributed by atoms with Crippen LogP contribution in [-0.2, 0) is 0 Å². The molecule has 0 aliphatic heterocycles. The van der Waals surface area contributed by atoms with Crippen molar-refractivity contribution >= 4 is 29.5 Å². The third-order valence-corrected chi connectivity index (χ3v) is 5.06. The summed E-state index contributed by atoms with van der Waals surface area (Å²) < 4.78 is 7.48. The standard InChI is InChI=1S/C24H17BNO2/c27-25-28-18-14-15-24-21(16-18)20-11-5-7-13-23(20)26(24)22-12-6-4-10-19(22)17-8-2-1-3-9-17/h1-16,27H. The molecule has 4 aromatic carbocycles. The lowest BCUT2D eigenvalue weighted by atomic mass is 10.0. The molecule has 133 valence electrons. The number of fused-ring (bicyclic) bond motifs is 3. The molecule has 0 saturated carbocycles. The van der Waals surface area contributed by atoms with Crippen molar-refractivity contribution in [3.8, 4) is 22.6 Å². The summed E-state index contributed by atoms with van der Waals surface area (Å²) in [4.78, 5) is 0. The van der Waals surface area contributed by atoms with Crippen LogP contribution in [0.15, 0.2) is 97.1 Å². The predicted octanol–water partition coefficient (Wildman–Crippen LogP) is 5.36. The summed E-state index contributed by atoms with van der Waals surface area (Å²) in [6, 6.07) is 33.1. The summed E-state index contributed by atoms with van der Waals surface area (Å²) in [5.41, 5.74) is 5.71. The minimum absolute atomic E-state index is 0.606. The molecule has 0 aliphatic rings. The van der Waals surface area contributed by atoms with Gasteiger partial charge < -0.3 is 14.2 Å². The van der Waals surface area contributed by atoms with Crippen LogP contribution in [0.2, 0.25) is 0 Å². The second-order valence-electron chi connectivity index (χ2n) is 6.64. The first-order valence-electron chi connectivity index (χ1n) is 9.17. The van der Waals surface area contributed by atoms with Gasteiger partial charge in [0.1, 0.15) is 5.75 Å². The smallest absolute Gasteiger partial charge is 0.537 e. The van der Waals surface area contributed by atoms with Crippen molar-refractivity contribution in [1.82, 2.24) is 4.57 Å². The summed E-state index contributed by atoms with van der Waals surface area (Å²) in [6.45, 7) is 0. The Balaban J connectivity index is 1.85. The van der Waals surface area contributed by atoms with Gasteiger partial charge in [0, 0.05) is 16.3 Å². The molecule has 1 radical (unpaired) electrons. The highest BCUT2D eigenvalue weighted by Crippen LogP contribution is 2.37. The van der Waals surface area contributed by atoms with E-state index >= 15 is 0 Å². The molecule has 4 heteroatoms. The van der Waals surface area contributed by atoms with Crippen molar-refractivity contribution in [2.45, 2.75) is 0 Å². The molecule has 0 spiro atoms. The number of aromatic nitrogens is 1. The fourth-order valence-corrected chi connectivity index (χ4v) is 3.88. The Morgan fingerprint density at radius 3 is 2.25 bits per heavy atom. The quantitative estimate of drug-likeness (QED) is 0.437. The first kappa shape index (κ1) is 16.7. The van der Waals surface area contributed by atoms with Crippen LogP contribution >= 0.6 is 0 Å². The average molecular weight is 362 g/mol. The zero-order chi connectivity index (χ0) is 18.9. The van der Waals surface area contributed by atoms with E-state index in [-0.39, 0.29) is 0 Å². The van der Waals surface area contributed by atoms with E-state index in [0.717, 1.165) is 27.5 Å². The van der Waals surface area contributed by atoms with Crippen LogP contribution in [0.1, 0.15) is 0 Å². The topological polar surface area (TPSA) is 34.4 Å². The Morgan fingerprint density at radius 1 is 0.679 bits per heavy atom. The Bertz CT molecular complexity index is 1280. The average Bonchev–Trinajstić information content (AvgIpc) is 3.08. The lowest BCUT2D eigenvalue weighted by Crippen LogP contribution is -2.00. The van der Waals surface area contributed by atoms with Gasteiger partial charge >= 0.3 is 7.69 Å². The summed E-state index contributed by atoms with van der Waals surface area (Å²) in [7, 11) is 0.713. The highest BCUT2D eigenvalue weighted by Gasteiger charge is 2.15. The van der Waals surface area contributed by atoms with E-state index in [9.17, 15) is 0 Å². The van der Waals surface area contributed by atoms with Crippen molar-refractivity contribution in [3.63, 3.8) is 0 Å². The molecule has 0 fully saturated rings. The van der Waals surface area contributed by atoms with Crippen LogP contribution in [0.3, 0.4) is 0 Å². The molecule has 1 aromatic heterocycles. The normalized spacial score (nSPS) is 11.0. The van der Waals surface area contributed by atoms with Crippen molar-refractivity contribution in [2.24, 2.45) is 0 Å². The maximum Gasteiger partial charge on any atom is 0.569 e. The van der Waals surface area contributed by atoms with Gasteiger partial charge in [-0.15, -0.1) is 0 Å². The number of hydrogen-bond acceptors (Lipinski definition) is 2. The van der Waals surface area contributed by atoms with Gasteiger partial charge in [0.25, 0.3) is 0 Å². The molecule has 28 heavy (non-hydrogen) atoms. The van der Waals surface area contributed by atoms with E-state index in [1.54, 1.807) is 0 Å².